The van der Waals surface area contributed by atoms with Crippen LogP contribution in [0.3, 0.4) is 0 Å². The summed E-state index contributed by atoms with van der Waals surface area (Å²) in [6, 6.07) is 12.2. The highest BCUT2D eigenvalue weighted by molar-refractivity contribution is 5.86. The minimum atomic E-state index is -1.25. The van der Waals surface area contributed by atoms with Crippen LogP contribution in [0, 0.1) is 11.3 Å². The lowest BCUT2D eigenvalue weighted by molar-refractivity contribution is -0.138. The molecule has 2 aromatic heterocycles. The van der Waals surface area contributed by atoms with Crippen LogP contribution in [0.15, 0.2) is 53.8 Å². The van der Waals surface area contributed by atoms with Crippen LogP contribution in [0.5, 0.6) is 5.75 Å². The van der Waals surface area contributed by atoms with E-state index in [0.29, 0.717) is 33.3 Å². The normalized spacial score (nSPS) is 11.7. The Bertz CT molecular complexity index is 1720. The number of imidazole rings is 1. The molecule has 4 rings (SSSR count). The van der Waals surface area contributed by atoms with E-state index in [0.717, 1.165) is 4.68 Å². The third kappa shape index (κ3) is 6.58. The van der Waals surface area contributed by atoms with Crippen LogP contribution in [0.4, 0.5) is 4.39 Å². The number of likely N-dealkylation sites (N-methyl/N-ethyl adjacent to an activating group) is 2. The third-order valence-electron chi connectivity index (χ3n) is 6.46. The van der Waals surface area contributed by atoms with Crippen molar-refractivity contribution in [3.05, 3.63) is 76.5 Å². The van der Waals surface area contributed by atoms with Gasteiger partial charge in [-0.1, -0.05) is 24.3 Å². The molecule has 0 aliphatic rings. The Morgan fingerprint density at radius 3 is 2.63 bits per heavy atom. The first-order valence-electron chi connectivity index (χ1n) is 12.8. The molecular weight excluding hydrogens is 529 g/mol. The number of allylic oxidation sites excluding steroid dienone is 1. The maximum absolute atomic E-state index is 13.9. The van der Waals surface area contributed by atoms with E-state index in [9.17, 15) is 24.0 Å². The van der Waals surface area contributed by atoms with Crippen LogP contribution < -0.4 is 10.3 Å². The second kappa shape index (κ2) is 12.4. The summed E-state index contributed by atoms with van der Waals surface area (Å²) >= 11 is 0. The van der Waals surface area contributed by atoms with E-state index in [2.05, 4.69) is 27.7 Å². The number of benzene rings is 2. The highest BCUT2D eigenvalue weighted by Crippen LogP contribution is 2.26. The van der Waals surface area contributed by atoms with E-state index >= 15 is 0 Å². The van der Waals surface area contributed by atoms with Crippen LogP contribution >= 0.6 is 0 Å². The Kier molecular flexibility index (Phi) is 8.77. The Labute approximate surface area is 235 Å². The molecule has 0 bridgehead atoms. The predicted molar refractivity (Wildman–Crippen MR) is 151 cm³/mol. The number of rotatable bonds is 11. The van der Waals surface area contributed by atoms with E-state index in [-0.39, 0.29) is 49.8 Å². The molecule has 41 heavy (non-hydrogen) atoms. The van der Waals surface area contributed by atoms with E-state index in [1.807, 2.05) is 0 Å². The second-order valence-corrected chi connectivity index (χ2v) is 9.76. The summed E-state index contributed by atoms with van der Waals surface area (Å²) in [6.07, 6.45) is 0.529. The fourth-order valence-corrected chi connectivity index (χ4v) is 4.19. The van der Waals surface area contributed by atoms with Gasteiger partial charge in [0.1, 0.15) is 37.0 Å². The van der Waals surface area contributed by atoms with Crippen molar-refractivity contribution < 1.29 is 18.7 Å². The van der Waals surface area contributed by atoms with Gasteiger partial charge in [0, 0.05) is 32.6 Å². The van der Waals surface area contributed by atoms with Crippen molar-refractivity contribution in [3.8, 4) is 11.8 Å². The number of fused-ring (bicyclic) bond motifs is 2. The highest BCUT2D eigenvalue weighted by Gasteiger charge is 2.19. The van der Waals surface area contributed by atoms with E-state index in [4.69, 9.17) is 4.74 Å². The fraction of sp³-hybridized carbons (Fsp3) is 0.310. The summed E-state index contributed by atoms with van der Waals surface area (Å²) in [4.78, 5) is 48.5. The highest BCUT2D eigenvalue weighted by atomic mass is 19.1. The van der Waals surface area contributed by atoms with Gasteiger partial charge in [-0.25, -0.2) is 14.1 Å². The van der Waals surface area contributed by atoms with Crippen LogP contribution in [0.1, 0.15) is 23.5 Å². The SMILES string of the molecule is C=CCC(F)COc1cc2nc(Cc3nn(CC(=O)N(C)CC(=O)N(C)C)c(=O)c4ccccc34)[nH]c2cc1C#N. The number of hydrogen-bond donors (Lipinski definition) is 1. The molecule has 0 radical (unpaired) electrons. The van der Waals surface area contributed by atoms with Crippen molar-refractivity contribution in [3.63, 3.8) is 0 Å². The number of hydrogen-bond acceptors (Lipinski definition) is 7. The molecule has 0 fully saturated rings. The summed E-state index contributed by atoms with van der Waals surface area (Å²) in [5.74, 6) is 0.0239. The summed E-state index contributed by atoms with van der Waals surface area (Å²) in [7, 11) is 4.68. The van der Waals surface area contributed by atoms with E-state index in [1.165, 1.54) is 22.9 Å². The van der Waals surface area contributed by atoms with Gasteiger partial charge in [-0.2, -0.15) is 10.4 Å². The standard InChI is InChI=1S/C29H30FN7O4/c1-5-8-19(30)17-41-25-12-24-23(11-18(25)14-31)32-26(33-24)13-22-20-9-6-7-10-21(20)29(40)37(34-22)16-28(39)36(4)15-27(38)35(2)3/h5-7,9-12,19H,1,8,13,15-17H2,2-4H3,(H,32,33). The molecule has 0 aliphatic heterocycles. The summed E-state index contributed by atoms with van der Waals surface area (Å²) < 4.78 is 20.6. The number of nitrogens with one attached hydrogen (secondary N) is 1. The average Bonchev–Trinajstić information content (AvgIpc) is 3.34. The maximum atomic E-state index is 13.9. The molecule has 1 N–H and O–H groups in total. The first-order valence-corrected chi connectivity index (χ1v) is 12.8. The van der Waals surface area contributed by atoms with Crippen LogP contribution in [0.2, 0.25) is 0 Å². The molecule has 4 aromatic rings. The molecule has 2 amide bonds. The molecule has 12 heteroatoms. The number of carbonyl (C=O) groups excluding carboxylic acids is 2. The molecule has 2 aromatic carbocycles. The van der Waals surface area contributed by atoms with Gasteiger partial charge in [0.2, 0.25) is 11.8 Å². The molecule has 2 heterocycles. The topological polar surface area (TPSA) is 137 Å². The van der Waals surface area contributed by atoms with Crippen molar-refractivity contribution in [2.24, 2.45) is 0 Å². The number of aromatic nitrogens is 4. The van der Waals surface area contributed by atoms with Gasteiger partial charge in [0.05, 0.1) is 40.6 Å². The number of halogens is 1. The number of alkyl halides is 1. The molecule has 0 saturated heterocycles. The van der Waals surface area contributed by atoms with Gasteiger partial charge in [-0.05, 0) is 18.6 Å². The number of H-pyrrole nitrogens is 1. The average molecular weight is 560 g/mol. The predicted octanol–water partition coefficient (Wildman–Crippen LogP) is 2.57. The van der Waals surface area contributed by atoms with Gasteiger partial charge in [-0.15, -0.1) is 6.58 Å². The Morgan fingerprint density at radius 1 is 1.22 bits per heavy atom. The van der Waals surface area contributed by atoms with Gasteiger partial charge in [-0.3, -0.25) is 14.4 Å². The van der Waals surface area contributed by atoms with Crippen LogP contribution in [0.25, 0.3) is 21.8 Å². The number of nitrogens with zero attached hydrogens (tertiary/aromatic N) is 6. The zero-order valence-corrected chi connectivity index (χ0v) is 23.1. The monoisotopic (exact) mass is 559 g/mol. The number of amides is 2. The van der Waals surface area contributed by atoms with Crippen molar-refractivity contribution in [1.29, 1.82) is 5.26 Å². The second-order valence-electron chi connectivity index (χ2n) is 9.76. The third-order valence-corrected chi connectivity index (χ3v) is 6.46. The molecule has 212 valence electrons. The molecule has 11 nitrogen and oxygen atoms in total. The molecule has 1 atom stereocenters. The fourth-order valence-electron chi connectivity index (χ4n) is 4.19. The minimum absolute atomic E-state index is 0.128. The zero-order valence-electron chi connectivity index (χ0n) is 23.1. The molecule has 0 spiro atoms. The summed E-state index contributed by atoms with van der Waals surface area (Å²) in [6.45, 7) is 2.82. The first-order chi connectivity index (χ1) is 19.6. The summed E-state index contributed by atoms with van der Waals surface area (Å²) in [5, 5.41) is 15.1. The van der Waals surface area contributed by atoms with Gasteiger partial charge in [0.15, 0.2) is 0 Å². The lowest BCUT2D eigenvalue weighted by Gasteiger charge is -2.19. The van der Waals surface area contributed by atoms with Crippen molar-refractivity contribution in [1.82, 2.24) is 29.5 Å². The zero-order chi connectivity index (χ0) is 29.7. The maximum Gasteiger partial charge on any atom is 0.275 e. The molecular formula is C29H30FN7O4. The van der Waals surface area contributed by atoms with Crippen LogP contribution in [-0.2, 0) is 22.6 Å². The Morgan fingerprint density at radius 2 is 1.95 bits per heavy atom. The smallest absolute Gasteiger partial charge is 0.275 e. The van der Waals surface area contributed by atoms with Crippen molar-refractivity contribution in [2.45, 2.75) is 25.6 Å². The quantitative estimate of drug-likeness (QED) is 0.279. The first kappa shape index (κ1) is 28.9. The minimum Gasteiger partial charge on any atom is -0.489 e. The number of carbonyl (C=O) groups is 2. The van der Waals surface area contributed by atoms with E-state index in [1.54, 1.807) is 50.5 Å². The van der Waals surface area contributed by atoms with Crippen molar-refractivity contribution >= 4 is 33.6 Å². The number of aromatic amines is 1. The summed E-state index contributed by atoms with van der Waals surface area (Å²) in [5.41, 5.74) is 1.38. The molecule has 1 unspecified atom stereocenters. The number of nitriles is 1. The van der Waals surface area contributed by atoms with Crippen molar-refractivity contribution in [2.75, 3.05) is 34.3 Å². The van der Waals surface area contributed by atoms with Gasteiger partial charge < -0.3 is 19.5 Å². The van der Waals surface area contributed by atoms with Gasteiger partial charge >= 0.3 is 0 Å². The van der Waals surface area contributed by atoms with Crippen LogP contribution in [-0.4, -0.2) is 81.8 Å². The van der Waals surface area contributed by atoms with E-state index < -0.39 is 17.6 Å². The van der Waals surface area contributed by atoms with Gasteiger partial charge in [0.25, 0.3) is 5.56 Å². The number of ether oxygens (including phenoxy) is 1. The largest absolute Gasteiger partial charge is 0.489 e. The lowest BCUT2D eigenvalue weighted by atomic mass is 10.1. The molecule has 0 saturated carbocycles. The lowest BCUT2D eigenvalue weighted by Crippen LogP contribution is -2.41. The Hall–Kier alpha value is -5.05. The molecule has 0 aliphatic carbocycles. The Balaban J connectivity index is 1.65.